The van der Waals surface area contributed by atoms with E-state index < -0.39 is 0 Å². The molecule has 0 bridgehead atoms. The van der Waals surface area contributed by atoms with Gasteiger partial charge in [-0.2, -0.15) is 5.10 Å². The highest BCUT2D eigenvalue weighted by molar-refractivity contribution is 6.30. The maximum absolute atomic E-state index is 12.8. The minimum atomic E-state index is -0.0351. The Morgan fingerprint density at radius 2 is 1.92 bits per heavy atom. The Bertz CT molecular complexity index is 947. The van der Waals surface area contributed by atoms with E-state index in [0.717, 1.165) is 10.4 Å². The van der Waals surface area contributed by atoms with Crippen molar-refractivity contribution >= 4 is 22.4 Å². The summed E-state index contributed by atoms with van der Waals surface area (Å²) in [5, 5.41) is 6.72. The van der Waals surface area contributed by atoms with Crippen LogP contribution in [0.2, 0.25) is 5.02 Å². The van der Waals surface area contributed by atoms with Gasteiger partial charge >= 0.3 is 0 Å². The Morgan fingerprint density at radius 3 is 2.64 bits per heavy atom. The summed E-state index contributed by atoms with van der Waals surface area (Å²) in [7, 11) is 0. The van der Waals surface area contributed by atoms with Gasteiger partial charge in [-0.15, -0.1) is 0 Å². The minimum absolute atomic E-state index is 0.0351. The second-order valence-electron chi connectivity index (χ2n) is 6.65. The zero-order chi connectivity index (χ0) is 17.4. The normalized spacial score (nSPS) is 15.6. The topological polar surface area (TPSA) is 38.1 Å². The van der Waals surface area contributed by atoms with E-state index in [1.165, 1.54) is 18.4 Å². The van der Waals surface area contributed by atoms with E-state index in [1.54, 1.807) is 10.9 Å². The van der Waals surface area contributed by atoms with E-state index in [0.29, 0.717) is 18.1 Å². The van der Waals surface area contributed by atoms with Crippen molar-refractivity contribution in [3.05, 3.63) is 75.7 Å². The Hall–Kier alpha value is -2.17. The Balaban J connectivity index is 1.65. The summed E-state index contributed by atoms with van der Waals surface area (Å²) in [4.78, 5) is 15.1. The first kappa shape index (κ1) is 16.3. The molecule has 1 aliphatic carbocycles. The molecule has 0 aliphatic heterocycles. The lowest BCUT2D eigenvalue weighted by Gasteiger charge is -2.29. The lowest BCUT2D eigenvalue weighted by molar-refractivity contribution is 0.140. The molecule has 1 saturated carbocycles. The maximum Gasteiger partial charge on any atom is 0.275 e. The largest absolute Gasteiger partial charge is 0.275 e. The molecule has 128 valence electrons. The number of nitrogens with zero attached hydrogens (tertiary/aromatic N) is 3. The summed E-state index contributed by atoms with van der Waals surface area (Å²) >= 11 is 6.01. The van der Waals surface area contributed by atoms with E-state index in [2.05, 4.69) is 29.1 Å². The highest BCUT2D eigenvalue weighted by Gasteiger charge is 2.33. The van der Waals surface area contributed by atoms with Crippen molar-refractivity contribution in [3.8, 4) is 0 Å². The molecule has 0 spiro atoms. The predicted octanol–water partition coefficient (Wildman–Crippen LogP) is 4.23. The molecule has 3 aromatic rings. The quantitative estimate of drug-likeness (QED) is 0.688. The zero-order valence-corrected chi connectivity index (χ0v) is 14.9. The third kappa shape index (κ3) is 3.32. The van der Waals surface area contributed by atoms with Gasteiger partial charge < -0.3 is 0 Å². The van der Waals surface area contributed by atoms with Gasteiger partial charge in [0.05, 0.1) is 18.3 Å². The van der Waals surface area contributed by atoms with Crippen molar-refractivity contribution in [2.45, 2.75) is 38.5 Å². The molecule has 1 heterocycles. The predicted molar refractivity (Wildman–Crippen MR) is 101 cm³/mol. The van der Waals surface area contributed by atoms with Crippen LogP contribution in [0.3, 0.4) is 0 Å². The highest BCUT2D eigenvalue weighted by Crippen LogP contribution is 2.34. The van der Waals surface area contributed by atoms with E-state index in [4.69, 9.17) is 11.6 Å². The molecule has 1 fully saturated rings. The van der Waals surface area contributed by atoms with Crippen LogP contribution < -0.4 is 5.56 Å². The number of aromatic nitrogens is 2. The van der Waals surface area contributed by atoms with Crippen molar-refractivity contribution in [2.75, 3.05) is 0 Å². The summed E-state index contributed by atoms with van der Waals surface area (Å²) in [5.41, 5.74) is 1.16. The number of halogens is 1. The van der Waals surface area contributed by atoms with Crippen LogP contribution in [0.1, 0.15) is 31.4 Å². The van der Waals surface area contributed by atoms with Crippen LogP contribution in [0.25, 0.3) is 10.8 Å². The molecule has 2 aromatic carbocycles. The van der Waals surface area contributed by atoms with Gasteiger partial charge in [0.1, 0.15) is 0 Å². The Morgan fingerprint density at radius 1 is 1.20 bits per heavy atom. The average molecular weight is 354 g/mol. The highest BCUT2D eigenvalue weighted by atomic mass is 35.5. The SMILES string of the molecule is C[C@H](c1ccc(Cl)cc1)N(Cn1ncc2ccccc2c1=O)C1CC1. The lowest BCUT2D eigenvalue weighted by Crippen LogP contribution is -2.36. The lowest BCUT2D eigenvalue weighted by atomic mass is 10.1. The van der Waals surface area contributed by atoms with Crippen LogP contribution >= 0.6 is 11.6 Å². The van der Waals surface area contributed by atoms with Crippen LogP contribution in [0.15, 0.2) is 59.5 Å². The van der Waals surface area contributed by atoms with Crippen LogP contribution in [-0.4, -0.2) is 20.7 Å². The van der Waals surface area contributed by atoms with Crippen molar-refractivity contribution in [3.63, 3.8) is 0 Å². The van der Waals surface area contributed by atoms with E-state index in [9.17, 15) is 4.79 Å². The molecule has 0 saturated heterocycles. The molecule has 25 heavy (non-hydrogen) atoms. The molecule has 0 radical (unpaired) electrons. The standard InChI is InChI=1S/C20H20ClN3O/c1-14(15-6-8-17(21)9-7-15)23(18-10-11-18)13-24-20(25)19-5-3-2-4-16(19)12-22-24/h2-9,12,14,18H,10-11,13H2,1H3/t14-/m1/s1. The fourth-order valence-electron chi connectivity index (χ4n) is 3.28. The average Bonchev–Trinajstić information content (AvgIpc) is 3.46. The van der Waals surface area contributed by atoms with Crippen molar-refractivity contribution in [1.82, 2.24) is 14.7 Å². The second-order valence-corrected chi connectivity index (χ2v) is 7.09. The van der Waals surface area contributed by atoms with Crippen LogP contribution in [0.4, 0.5) is 0 Å². The molecule has 1 aliphatic rings. The first-order valence-electron chi connectivity index (χ1n) is 8.59. The van der Waals surface area contributed by atoms with Gasteiger partial charge in [0.2, 0.25) is 0 Å². The summed E-state index contributed by atoms with van der Waals surface area (Å²) in [6.45, 7) is 2.67. The molecule has 0 N–H and O–H groups in total. The van der Waals surface area contributed by atoms with Gasteiger partial charge in [0.15, 0.2) is 0 Å². The van der Waals surface area contributed by atoms with Crippen LogP contribution in [0, 0.1) is 0 Å². The van der Waals surface area contributed by atoms with E-state index in [-0.39, 0.29) is 11.6 Å². The van der Waals surface area contributed by atoms with Crippen molar-refractivity contribution in [1.29, 1.82) is 0 Å². The number of hydrogen-bond acceptors (Lipinski definition) is 3. The molecule has 5 heteroatoms. The smallest absolute Gasteiger partial charge is 0.274 e. The number of fused-ring (bicyclic) bond motifs is 1. The summed E-state index contributed by atoms with van der Waals surface area (Å²) in [6, 6.07) is 16.2. The summed E-state index contributed by atoms with van der Waals surface area (Å²) < 4.78 is 1.58. The fourth-order valence-corrected chi connectivity index (χ4v) is 3.40. The molecule has 4 rings (SSSR count). The molecule has 4 nitrogen and oxygen atoms in total. The van der Waals surface area contributed by atoms with Gasteiger partial charge in [-0.05, 0) is 43.5 Å². The van der Waals surface area contributed by atoms with Crippen LogP contribution in [-0.2, 0) is 6.67 Å². The first-order chi connectivity index (χ1) is 12.1. The minimum Gasteiger partial charge on any atom is -0.274 e. The first-order valence-corrected chi connectivity index (χ1v) is 8.97. The number of hydrogen-bond donors (Lipinski definition) is 0. The Labute approximate surface area is 151 Å². The molecular weight excluding hydrogens is 334 g/mol. The zero-order valence-electron chi connectivity index (χ0n) is 14.1. The van der Waals surface area contributed by atoms with Crippen molar-refractivity contribution in [2.24, 2.45) is 0 Å². The van der Waals surface area contributed by atoms with Crippen LogP contribution in [0.5, 0.6) is 0 Å². The number of benzene rings is 2. The summed E-state index contributed by atoms with van der Waals surface area (Å²) in [5.74, 6) is 0. The van der Waals surface area contributed by atoms with Crippen molar-refractivity contribution < 1.29 is 0 Å². The molecule has 0 unspecified atom stereocenters. The van der Waals surface area contributed by atoms with E-state index >= 15 is 0 Å². The number of rotatable bonds is 5. The third-order valence-electron chi connectivity index (χ3n) is 4.92. The van der Waals surface area contributed by atoms with Gasteiger partial charge in [-0.3, -0.25) is 9.69 Å². The fraction of sp³-hybridized carbons (Fsp3) is 0.300. The molecule has 0 amide bonds. The molecule has 1 atom stereocenters. The van der Waals surface area contributed by atoms with Gasteiger partial charge in [0, 0.05) is 22.5 Å². The molecular formula is C20H20ClN3O. The summed E-state index contributed by atoms with van der Waals surface area (Å²) in [6.07, 6.45) is 4.11. The van der Waals surface area contributed by atoms with Gasteiger partial charge in [-0.1, -0.05) is 41.9 Å². The van der Waals surface area contributed by atoms with Gasteiger partial charge in [0.25, 0.3) is 5.56 Å². The van der Waals surface area contributed by atoms with Gasteiger partial charge in [-0.25, -0.2) is 4.68 Å². The monoisotopic (exact) mass is 353 g/mol. The Kier molecular flexibility index (Phi) is 4.32. The second kappa shape index (κ2) is 6.62. The maximum atomic E-state index is 12.8. The van der Waals surface area contributed by atoms with E-state index in [1.807, 2.05) is 36.4 Å². The molecule has 1 aromatic heterocycles. The third-order valence-corrected chi connectivity index (χ3v) is 5.18.